The summed E-state index contributed by atoms with van der Waals surface area (Å²) < 4.78 is 6.39. The van der Waals surface area contributed by atoms with E-state index >= 15 is 0 Å². The van der Waals surface area contributed by atoms with Crippen molar-refractivity contribution in [3.63, 3.8) is 0 Å². The minimum absolute atomic E-state index is 0.0523. The number of anilines is 1. The van der Waals surface area contributed by atoms with Gasteiger partial charge in [-0.1, -0.05) is 6.07 Å². The number of pyridine rings is 2. The molecule has 3 aromatic rings. The van der Waals surface area contributed by atoms with Gasteiger partial charge in [-0.25, -0.2) is 4.98 Å². The predicted molar refractivity (Wildman–Crippen MR) is 122 cm³/mol. The molecule has 160 valence electrons. The molecule has 1 saturated heterocycles. The number of nitrogen functional groups attached to an aromatic ring is 1. The number of hydrogen-bond acceptors (Lipinski definition) is 6. The topological polar surface area (TPSA) is 81.3 Å². The van der Waals surface area contributed by atoms with Gasteiger partial charge in [0.15, 0.2) is 0 Å². The maximum atomic E-state index is 13.0. The van der Waals surface area contributed by atoms with Crippen molar-refractivity contribution in [2.45, 2.75) is 38.7 Å². The lowest BCUT2D eigenvalue weighted by molar-refractivity contribution is -0.0926. The van der Waals surface area contributed by atoms with Crippen molar-refractivity contribution < 1.29 is 9.53 Å². The molecule has 2 aliphatic heterocycles. The molecular weight excluding hydrogens is 408 g/mol. The zero-order chi connectivity index (χ0) is 21.6. The van der Waals surface area contributed by atoms with Gasteiger partial charge in [0.25, 0.3) is 5.91 Å². The van der Waals surface area contributed by atoms with Crippen LogP contribution in [0.5, 0.6) is 0 Å². The normalized spacial score (nSPS) is 17.5. The lowest BCUT2D eigenvalue weighted by atomic mass is 9.82. The van der Waals surface area contributed by atoms with Crippen molar-refractivity contribution in [2.24, 2.45) is 0 Å². The number of carbonyl (C=O) groups excluding carboxylic acids is 1. The molecule has 0 aromatic carbocycles. The summed E-state index contributed by atoms with van der Waals surface area (Å²) in [6, 6.07) is 9.91. The Hall–Kier alpha value is -2.77. The third-order valence-electron chi connectivity index (χ3n) is 6.48. The summed E-state index contributed by atoms with van der Waals surface area (Å²) in [7, 11) is 0. The molecule has 5 rings (SSSR count). The second-order valence-electron chi connectivity index (χ2n) is 8.41. The Morgan fingerprint density at radius 2 is 2.03 bits per heavy atom. The van der Waals surface area contributed by atoms with E-state index in [2.05, 4.69) is 16.0 Å². The Morgan fingerprint density at radius 3 is 2.77 bits per heavy atom. The lowest BCUT2D eigenvalue weighted by Crippen LogP contribution is -2.48. The molecule has 6 nitrogen and oxygen atoms in total. The van der Waals surface area contributed by atoms with Gasteiger partial charge < -0.3 is 15.4 Å². The van der Waals surface area contributed by atoms with E-state index in [0.29, 0.717) is 31.1 Å². The summed E-state index contributed by atoms with van der Waals surface area (Å²) in [6.07, 6.45) is 4.20. The average molecular weight is 435 g/mol. The van der Waals surface area contributed by atoms with Crippen molar-refractivity contribution in [3.05, 3.63) is 63.8 Å². The quantitative estimate of drug-likeness (QED) is 0.656. The van der Waals surface area contributed by atoms with Crippen molar-refractivity contribution in [1.29, 1.82) is 0 Å². The van der Waals surface area contributed by atoms with Crippen LogP contribution in [0.4, 0.5) is 5.82 Å². The first kappa shape index (κ1) is 20.2. The van der Waals surface area contributed by atoms with Gasteiger partial charge >= 0.3 is 0 Å². The highest BCUT2D eigenvalue weighted by atomic mass is 32.1. The maximum absolute atomic E-state index is 13.0. The molecule has 0 unspecified atom stereocenters. The molecule has 0 radical (unpaired) electrons. The standard InChI is InChI=1S/C24H26N4O2S/c1-15-12-17(14-26-16(15)2)23(29)28-9-7-24(8-10-28)18-13-21(31-20(18)6-11-30-24)19-4-3-5-22(25)27-19/h3-5,12-14H,6-11H2,1-2H3,(H2,25,27). The van der Waals surface area contributed by atoms with Crippen LogP contribution in [0.15, 0.2) is 36.5 Å². The number of likely N-dealkylation sites (tertiary alicyclic amines) is 1. The van der Waals surface area contributed by atoms with Crippen LogP contribution in [0.1, 0.15) is 44.9 Å². The van der Waals surface area contributed by atoms with Crippen LogP contribution in [0, 0.1) is 13.8 Å². The second kappa shape index (κ2) is 7.73. The van der Waals surface area contributed by atoms with E-state index in [1.807, 2.05) is 36.9 Å². The first-order chi connectivity index (χ1) is 14.9. The van der Waals surface area contributed by atoms with E-state index in [9.17, 15) is 4.79 Å². The molecule has 3 aromatic heterocycles. The number of rotatable bonds is 2. The van der Waals surface area contributed by atoms with Crippen LogP contribution in [-0.2, 0) is 16.8 Å². The number of ether oxygens (including phenoxy) is 1. The molecule has 2 N–H and O–H groups in total. The Morgan fingerprint density at radius 1 is 1.23 bits per heavy atom. The number of piperidine rings is 1. The highest BCUT2D eigenvalue weighted by Gasteiger charge is 2.43. The molecule has 0 aliphatic carbocycles. The Labute approximate surface area is 186 Å². The molecule has 0 bridgehead atoms. The molecule has 0 saturated carbocycles. The van der Waals surface area contributed by atoms with Gasteiger partial charge in [-0.05, 0) is 62.1 Å². The van der Waals surface area contributed by atoms with Crippen molar-refractivity contribution in [1.82, 2.24) is 14.9 Å². The van der Waals surface area contributed by atoms with Gasteiger partial charge in [0.2, 0.25) is 0 Å². The lowest BCUT2D eigenvalue weighted by Gasteiger charge is -2.44. The van der Waals surface area contributed by atoms with Crippen LogP contribution in [0.3, 0.4) is 0 Å². The summed E-state index contributed by atoms with van der Waals surface area (Å²) in [5.41, 5.74) is 10.4. The van der Waals surface area contributed by atoms with E-state index in [0.717, 1.165) is 41.1 Å². The summed E-state index contributed by atoms with van der Waals surface area (Å²) in [5, 5.41) is 0. The summed E-state index contributed by atoms with van der Waals surface area (Å²) in [4.78, 5) is 26.3. The minimum Gasteiger partial charge on any atom is -0.384 e. The summed E-state index contributed by atoms with van der Waals surface area (Å²) >= 11 is 1.78. The van der Waals surface area contributed by atoms with Gasteiger partial charge in [-0.3, -0.25) is 9.78 Å². The van der Waals surface area contributed by atoms with Gasteiger partial charge in [0.1, 0.15) is 5.82 Å². The zero-order valence-corrected chi connectivity index (χ0v) is 18.7. The van der Waals surface area contributed by atoms with Crippen LogP contribution >= 0.6 is 11.3 Å². The Balaban J connectivity index is 1.37. The molecule has 1 amide bonds. The monoisotopic (exact) mass is 434 g/mol. The van der Waals surface area contributed by atoms with Crippen molar-refractivity contribution in [3.8, 4) is 10.6 Å². The minimum atomic E-state index is -0.319. The van der Waals surface area contributed by atoms with E-state index in [-0.39, 0.29) is 11.5 Å². The summed E-state index contributed by atoms with van der Waals surface area (Å²) in [5.74, 6) is 0.582. The van der Waals surface area contributed by atoms with Crippen LogP contribution in [0.2, 0.25) is 0 Å². The first-order valence-electron chi connectivity index (χ1n) is 10.7. The Kier molecular flexibility index (Phi) is 5.02. The smallest absolute Gasteiger partial charge is 0.255 e. The number of nitrogens with zero attached hydrogens (tertiary/aromatic N) is 3. The highest BCUT2D eigenvalue weighted by Crippen LogP contribution is 2.46. The van der Waals surface area contributed by atoms with Gasteiger partial charge in [0.05, 0.1) is 28.3 Å². The number of nitrogens with two attached hydrogens (primary N) is 1. The number of aryl methyl sites for hydroxylation is 2. The maximum Gasteiger partial charge on any atom is 0.255 e. The van der Waals surface area contributed by atoms with E-state index in [1.165, 1.54) is 10.4 Å². The zero-order valence-electron chi connectivity index (χ0n) is 17.9. The van der Waals surface area contributed by atoms with E-state index < -0.39 is 0 Å². The fourth-order valence-corrected chi connectivity index (χ4v) is 5.76. The molecule has 31 heavy (non-hydrogen) atoms. The second-order valence-corrected chi connectivity index (χ2v) is 9.54. The van der Waals surface area contributed by atoms with Gasteiger partial charge in [-0.15, -0.1) is 11.3 Å². The van der Waals surface area contributed by atoms with E-state index in [1.54, 1.807) is 23.6 Å². The number of hydrogen-bond donors (Lipinski definition) is 1. The molecule has 1 spiro atoms. The SMILES string of the molecule is Cc1cc(C(=O)N2CCC3(CC2)OCCc2sc(-c4cccc(N)n4)cc23)cnc1C. The molecule has 0 atom stereocenters. The third-order valence-corrected chi connectivity index (χ3v) is 7.69. The first-order valence-corrected chi connectivity index (χ1v) is 11.5. The van der Waals surface area contributed by atoms with Crippen molar-refractivity contribution in [2.75, 3.05) is 25.4 Å². The molecule has 7 heteroatoms. The van der Waals surface area contributed by atoms with Crippen LogP contribution < -0.4 is 5.73 Å². The number of fused-ring (bicyclic) bond motifs is 2. The number of aromatic nitrogens is 2. The van der Waals surface area contributed by atoms with Crippen LogP contribution in [0.25, 0.3) is 10.6 Å². The predicted octanol–water partition coefficient (Wildman–Crippen LogP) is 4.11. The molecule has 5 heterocycles. The molecular formula is C24H26N4O2S. The fourth-order valence-electron chi connectivity index (χ4n) is 4.56. The summed E-state index contributed by atoms with van der Waals surface area (Å²) in [6.45, 7) is 6.01. The number of amides is 1. The molecule has 1 fully saturated rings. The molecule has 2 aliphatic rings. The fraction of sp³-hybridized carbons (Fsp3) is 0.375. The van der Waals surface area contributed by atoms with Gasteiger partial charge in [0, 0.05) is 36.3 Å². The van der Waals surface area contributed by atoms with Gasteiger partial charge in [-0.2, -0.15) is 0 Å². The average Bonchev–Trinajstić information content (AvgIpc) is 3.22. The number of carbonyl (C=O) groups is 1. The van der Waals surface area contributed by atoms with Crippen molar-refractivity contribution >= 4 is 23.1 Å². The third kappa shape index (κ3) is 3.62. The number of thiophene rings is 1. The largest absolute Gasteiger partial charge is 0.384 e. The Bertz CT molecular complexity index is 1150. The highest BCUT2D eigenvalue weighted by molar-refractivity contribution is 7.15. The van der Waals surface area contributed by atoms with Crippen LogP contribution in [-0.4, -0.2) is 40.5 Å². The van der Waals surface area contributed by atoms with E-state index in [4.69, 9.17) is 10.5 Å².